The summed E-state index contributed by atoms with van der Waals surface area (Å²) in [5, 5.41) is 16.3. The van der Waals surface area contributed by atoms with Crippen molar-refractivity contribution in [1.82, 2.24) is 20.0 Å². The molecule has 0 unspecified atom stereocenters. The first-order valence-corrected chi connectivity index (χ1v) is 9.57. The van der Waals surface area contributed by atoms with Crippen molar-refractivity contribution in [3.8, 4) is 6.07 Å². The number of piperidine rings is 1. The van der Waals surface area contributed by atoms with E-state index in [-0.39, 0.29) is 18.0 Å². The molecule has 2 heterocycles. The maximum atomic E-state index is 12.3. The van der Waals surface area contributed by atoms with Gasteiger partial charge in [0.1, 0.15) is 0 Å². The van der Waals surface area contributed by atoms with Gasteiger partial charge in [-0.3, -0.25) is 9.48 Å². The monoisotopic (exact) mass is 375 g/mol. The van der Waals surface area contributed by atoms with Crippen molar-refractivity contribution in [2.75, 3.05) is 19.7 Å². The number of nitrogens with zero attached hydrogens (tertiary/aromatic N) is 4. The molecule has 2 rings (SSSR count). The molecule has 1 aromatic rings. The third-order valence-electron chi connectivity index (χ3n) is 4.95. The van der Waals surface area contributed by atoms with E-state index >= 15 is 0 Å². The van der Waals surface area contributed by atoms with Gasteiger partial charge in [-0.15, -0.1) is 0 Å². The van der Waals surface area contributed by atoms with Gasteiger partial charge in [-0.1, -0.05) is 0 Å². The van der Waals surface area contributed by atoms with Crippen molar-refractivity contribution < 1.29 is 14.3 Å². The van der Waals surface area contributed by atoms with Crippen molar-refractivity contribution in [2.45, 2.75) is 65.5 Å². The highest BCUT2D eigenvalue weighted by Gasteiger charge is 2.24. The fourth-order valence-electron chi connectivity index (χ4n) is 3.43. The van der Waals surface area contributed by atoms with Crippen LogP contribution in [0.1, 0.15) is 49.6 Å². The van der Waals surface area contributed by atoms with Gasteiger partial charge in [-0.05, 0) is 45.6 Å². The number of ether oxygens (including phenoxy) is 1. The summed E-state index contributed by atoms with van der Waals surface area (Å²) in [6, 6.07) is 2.23. The average molecular weight is 375 g/mol. The molecule has 0 aliphatic carbocycles. The molecule has 2 amide bonds. The van der Waals surface area contributed by atoms with Crippen molar-refractivity contribution in [2.24, 2.45) is 0 Å². The van der Waals surface area contributed by atoms with Gasteiger partial charge in [0, 0.05) is 31.2 Å². The maximum Gasteiger partial charge on any atom is 0.409 e. The summed E-state index contributed by atoms with van der Waals surface area (Å²) in [6.07, 6.45) is 2.68. The smallest absolute Gasteiger partial charge is 0.409 e. The lowest BCUT2D eigenvalue weighted by atomic mass is 10.0. The lowest BCUT2D eigenvalue weighted by Crippen LogP contribution is -2.46. The van der Waals surface area contributed by atoms with Gasteiger partial charge in [-0.25, -0.2) is 4.79 Å². The number of carbonyl (C=O) groups is 2. The molecule has 8 heteroatoms. The molecule has 27 heavy (non-hydrogen) atoms. The van der Waals surface area contributed by atoms with E-state index in [9.17, 15) is 9.59 Å². The molecule has 1 N–H and O–H groups in total. The van der Waals surface area contributed by atoms with Gasteiger partial charge in [-0.2, -0.15) is 10.4 Å². The van der Waals surface area contributed by atoms with Gasteiger partial charge < -0.3 is 15.0 Å². The molecule has 0 aromatic carbocycles. The first-order chi connectivity index (χ1) is 13.0. The van der Waals surface area contributed by atoms with Crippen LogP contribution < -0.4 is 5.32 Å². The molecular formula is C19H29N5O3. The molecule has 0 spiro atoms. The van der Waals surface area contributed by atoms with Crippen LogP contribution in [0.5, 0.6) is 0 Å². The number of aryl methyl sites for hydroxylation is 2. The van der Waals surface area contributed by atoms with Crippen molar-refractivity contribution in [1.29, 1.82) is 5.26 Å². The number of likely N-dealkylation sites (tertiary alicyclic amines) is 1. The van der Waals surface area contributed by atoms with Crippen LogP contribution in [-0.4, -0.2) is 52.4 Å². The van der Waals surface area contributed by atoms with E-state index in [1.54, 1.807) is 11.8 Å². The van der Waals surface area contributed by atoms with Crippen LogP contribution in [0.25, 0.3) is 0 Å². The van der Waals surface area contributed by atoms with Gasteiger partial charge in [0.15, 0.2) is 0 Å². The van der Waals surface area contributed by atoms with E-state index in [1.165, 1.54) is 0 Å². The molecule has 0 bridgehead atoms. The van der Waals surface area contributed by atoms with Crippen LogP contribution in [0.2, 0.25) is 0 Å². The molecule has 1 fully saturated rings. The van der Waals surface area contributed by atoms with Crippen LogP contribution in [0, 0.1) is 25.2 Å². The molecule has 1 aromatic heterocycles. The van der Waals surface area contributed by atoms with Crippen molar-refractivity contribution >= 4 is 12.0 Å². The number of nitrogens with one attached hydrogen (secondary N) is 1. The second-order valence-electron chi connectivity index (χ2n) is 6.81. The third kappa shape index (κ3) is 5.71. The number of carbonyl (C=O) groups excluding carboxylic acids is 2. The Kier molecular flexibility index (Phi) is 7.65. The summed E-state index contributed by atoms with van der Waals surface area (Å²) in [5.41, 5.74) is 3.03. The average Bonchev–Trinajstić information content (AvgIpc) is 2.92. The lowest BCUT2D eigenvalue weighted by molar-refractivity contribution is -0.122. The highest BCUT2D eigenvalue weighted by molar-refractivity contribution is 5.76. The van der Waals surface area contributed by atoms with Crippen LogP contribution in [0.3, 0.4) is 0 Å². The Bertz CT molecular complexity index is 699. The predicted molar refractivity (Wildman–Crippen MR) is 100 cm³/mol. The standard InChI is InChI=1S/C19H29N5O3/c1-4-27-19(26)23-12-8-16(9-13-23)21-18(25)7-6-17-14(2)22-24(15(17)3)11-5-10-20/h16H,4-9,11-13H2,1-3H3,(H,21,25). The Morgan fingerprint density at radius 1 is 1.33 bits per heavy atom. The topological polar surface area (TPSA) is 100 Å². The second kappa shape index (κ2) is 9.95. The van der Waals surface area contributed by atoms with Crippen molar-refractivity contribution in [3.05, 3.63) is 17.0 Å². The zero-order valence-electron chi connectivity index (χ0n) is 16.5. The predicted octanol–water partition coefficient (Wildman–Crippen LogP) is 2.08. The van der Waals surface area contributed by atoms with E-state index in [1.807, 2.05) is 18.5 Å². The van der Waals surface area contributed by atoms with Crippen LogP contribution in [0.15, 0.2) is 0 Å². The largest absolute Gasteiger partial charge is 0.450 e. The number of nitriles is 1. The molecule has 1 saturated heterocycles. The first kappa shape index (κ1) is 20.7. The summed E-state index contributed by atoms with van der Waals surface area (Å²) in [5.74, 6) is 0.0214. The number of rotatable bonds is 7. The molecule has 1 aliphatic rings. The Morgan fingerprint density at radius 2 is 2.04 bits per heavy atom. The summed E-state index contributed by atoms with van der Waals surface area (Å²) >= 11 is 0. The van der Waals surface area contributed by atoms with Crippen LogP contribution in [0.4, 0.5) is 4.79 Å². The van der Waals surface area contributed by atoms with Crippen LogP contribution in [-0.2, 0) is 22.5 Å². The van der Waals surface area contributed by atoms with E-state index in [2.05, 4.69) is 16.5 Å². The normalized spacial score (nSPS) is 14.7. The number of hydrogen-bond donors (Lipinski definition) is 1. The highest BCUT2D eigenvalue weighted by atomic mass is 16.6. The zero-order chi connectivity index (χ0) is 19.8. The van der Waals surface area contributed by atoms with Gasteiger partial charge in [0.2, 0.25) is 5.91 Å². The van der Waals surface area contributed by atoms with Crippen LogP contribution >= 0.6 is 0 Å². The Morgan fingerprint density at radius 3 is 2.67 bits per heavy atom. The third-order valence-corrected chi connectivity index (χ3v) is 4.95. The molecule has 0 radical (unpaired) electrons. The molecule has 0 atom stereocenters. The van der Waals surface area contributed by atoms with Crippen molar-refractivity contribution in [3.63, 3.8) is 0 Å². The number of aromatic nitrogens is 2. The summed E-state index contributed by atoms with van der Waals surface area (Å²) in [7, 11) is 0. The second-order valence-corrected chi connectivity index (χ2v) is 6.81. The van der Waals surface area contributed by atoms with Gasteiger partial charge in [0.25, 0.3) is 0 Å². The van der Waals surface area contributed by atoms with E-state index in [0.29, 0.717) is 45.5 Å². The molecule has 0 saturated carbocycles. The summed E-state index contributed by atoms with van der Waals surface area (Å²) in [4.78, 5) is 25.7. The Labute approximate surface area is 160 Å². The van der Waals surface area contributed by atoms with E-state index < -0.39 is 0 Å². The van der Waals surface area contributed by atoms with E-state index in [4.69, 9.17) is 10.00 Å². The molecular weight excluding hydrogens is 346 g/mol. The fourth-order valence-corrected chi connectivity index (χ4v) is 3.43. The fraction of sp³-hybridized carbons (Fsp3) is 0.684. The Balaban J connectivity index is 1.78. The van der Waals surface area contributed by atoms with E-state index in [0.717, 1.165) is 29.8 Å². The molecule has 148 valence electrons. The Hall–Kier alpha value is -2.56. The van der Waals surface area contributed by atoms with Gasteiger partial charge in [0.05, 0.1) is 31.3 Å². The minimum Gasteiger partial charge on any atom is -0.450 e. The minimum atomic E-state index is -0.276. The molecule has 1 aliphatic heterocycles. The summed E-state index contributed by atoms with van der Waals surface area (Å²) < 4.78 is 6.85. The first-order valence-electron chi connectivity index (χ1n) is 9.57. The summed E-state index contributed by atoms with van der Waals surface area (Å²) in [6.45, 7) is 7.88. The molecule has 8 nitrogen and oxygen atoms in total. The lowest BCUT2D eigenvalue weighted by Gasteiger charge is -2.31. The number of hydrogen-bond acceptors (Lipinski definition) is 5. The highest BCUT2D eigenvalue weighted by Crippen LogP contribution is 2.16. The maximum absolute atomic E-state index is 12.3. The SMILES string of the molecule is CCOC(=O)N1CCC(NC(=O)CCc2c(C)nn(CCC#N)c2C)CC1. The van der Waals surface area contributed by atoms with Gasteiger partial charge >= 0.3 is 6.09 Å². The number of amides is 2. The minimum absolute atomic E-state index is 0.0214. The zero-order valence-corrected chi connectivity index (χ0v) is 16.5. The quantitative estimate of drug-likeness (QED) is 0.786.